The van der Waals surface area contributed by atoms with Crippen molar-refractivity contribution in [2.75, 3.05) is 44.6 Å². The molecule has 0 aromatic heterocycles. The van der Waals surface area contributed by atoms with Crippen molar-refractivity contribution >= 4 is 35.6 Å². The van der Waals surface area contributed by atoms with Crippen molar-refractivity contribution in [2.45, 2.75) is 6.42 Å². The number of carbonyl (C=O) groups is 2. The van der Waals surface area contributed by atoms with Gasteiger partial charge in [-0.2, -0.15) is 0 Å². The molecule has 0 radical (unpaired) electrons. The highest BCUT2D eigenvalue weighted by molar-refractivity contribution is 5.99. The van der Waals surface area contributed by atoms with Gasteiger partial charge >= 0.3 is 0 Å². The molecule has 0 aliphatic carbocycles. The molecule has 1 atom stereocenters. The Kier molecular flexibility index (Phi) is 5.74. The van der Waals surface area contributed by atoms with Crippen LogP contribution in [0.15, 0.2) is 12.1 Å². The average Bonchev–Trinajstić information content (AvgIpc) is 3.11. The first kappa shape index (κ1) is 18.2. The van der Waals surface area contributed by atoms with Crippen LogP contribution < -0.4 is 20.5 Å². The summed E-state index contributed by atoms with van der Waals surface area (Å²) in [6.45, 7) is 1.47. The molecule has 2 aliphatic heterocycles. The highest BCUT2D eigenvalue weighted by atomic mass is 35.5. The van der Waals surface area contributed by atoms with Crippen molar-refractivity contribution in [2.24, 2.45) is 5.92 Å². The number of amides is 2. The number of hydrogen-bond donors (Lipinski definition) is 2. The number of methoxy groups -OCH3 is 1. The monoisotopic (exact) mass is 357 g/mol. The van der Waals surface area contributed by atoms with Gasteiger partial charge in [-0.1, -0.05) is 0 Å². The van der Waals surface area contributed by atoms with Crippen LogP contribution in [0.2, 0.25) is 0 Å². The molecule has 1 unspecified atom stereocenters. The summed E-state index contributed by atoms with van der Waals surface area (Å²) in [4.78, 5) is 25.9. The van der Waals surface area contributed by atoms with Crippen LogP contribution >= 0.6 is 12.4 Å². The van der Waals surface area contributed by atoms with Crippen LogP contribution in [-0.2, 0) is 14.3 Å². The molecular formula is C15H20ClN3O5. The largest absolute Gasteiger partial charge is 0.454 e. The van der Waals surface area contributed by atoms with E-state index in [-0.39, 0.29) is 37.4 Å². The molecule has 9 heteroatoms. The Morgan fingerprint density at radius 2 is 2.12 bits per heavy atom. The number of halogens is 1. The number of carbonyl (C=O) groups excluding carboxylic acids is 2. The maximum atomic E-state index is 12.4. The first-order valence-electron chi connectivity index (χ1n) is 7.35. The van der Waals surface area contributed by atoms with Crippen LogP contribution in [0.1, 0.15) is 6.42 Å². The van der Waals surface area contributed by atoms with Crippen molar-refractivity contribution in [1.82, 2.24) is 4.90 Å². The van der Waals surface area contributed by atoms with Crippen molar-refractivity contribution in [3.05, 3.63) is 12.1 Å². The van der Waals surface area contributed by atoms with Gasteiger partial charge in [-0.25, -0.2) is 0 Å². The molecule has 3 rings (SSSR count). The Hall–Kier alpha value is -2.19. The number of fused-ring (bicyclic) bond motifs is 1. The number of nitrogens with zero attached hydrogens (tertiary/aromatic N) is 1. The predicted molar refractivity (Wildman–Crippen MR) is 89.4 cm³/mol. The summed E-state index contributed by atoms with van der Waals surface area (Å²) >= 11 is 0. The summed E-state index contributed by atoms with van der Waals surface area (Å²) in [5, 5.41) is 2.77. The Morgan fingerprint density at radius 3 is 2.83 bits per heavy atom. The zero-order valence-electron chi connectivity index (χ0n) is 13.2. The number of ether oxygens (including phenoxy) is 3. The molecule has 132 valence electrons. The standard InChI is InChI=1S/C15H19N3O5.ClH/c1-21-3-2-18-7-9(4-14(18)19)15(20)17-11-6-13-12(5-10(11)16)22-8-23-13;/h5-6,9H,2-4,7-8,16H2,1H3,(H,17,20);1H. The van der Waals surface area contributed by atoms with E-state index < -0.39 is 5.92 Å². The number of rotatable bonds is 5. The molecule has 3 N–H and O–H groups in total. The minimum absolute atomic E-state index is 0. The van der Waals surface area contributed by atoms with Gasteiger partial charge < -0.3 is 30.2 Å². The smallest absolute Gasteiger partial charge is 0.231 e. The maximum Gasteiger partial charge on any atom is 0.231 e. The van der Waals surface area contributed by atoms with Crippen LogP contribution in [0.25, 0.3) is 0 Å². The quantitative estimate of drug-likeness (QED) is 0.757. The number of likely N-dealkylation sites (tertiary alicyclic amines) is 1. The van der Waals surface area contributed by atoms with E-state index in [2.05, 4.69) is 5.32 Å². The lowest BCUT2D eigenvalue weighted by molar-refractivity contribution is -0.128. The van der Waals surface area contributed by atoms with E-state index in [1.54, 1.807) is 24.1 Å². The summed E-state index contributed by atoms with van der Waals surface area (Å²) in [5.41, 5.74) is 6.77. The van der Waals surface area contributed by atoms with Gasteiger partial charge in [0.25, 0.3) is 0 Å². The highest BCUT2D eigenvalue weighted by Gasteiger charge is 2.34. The van der Waals surface area contributed by atoms with Crippen molar-refractivity contribution in [1.29, 1.82) is 0 Å². The lowest BCUT2D eigenvalue weighted by Gasteiger charge is -2.16. The summed E-state index contributed by atoms with van der Waals surface area (Å²) < 4.78 is 15.5. The Morgan fingerprint density at radius 1 is 1.42 bits per heavy atom. The molecule has 2 aliphatic rings. The zero-order valence-corrected chi connectivity index (χ0v) is 14.1. The lowest BCUT2D eigenvalue weighted by Crippen LogP contribution is -2.30. The Balaban J connectivity index is 0.00000208. The third-order valence-corrected chi connectivity index (χ3v) is 3.95. The second-order valence-electron chi connectivity index (χ2n) is 5.52. The van der Waals surface area contributed by atoms with E-state index in [1.807, 2.05) is 0 Å². The molecule has 2 heterocycles. The molecule has 2 amide bonds. The molecule has 24 heavy (non-hydrogen) atoms. The molecule has 1 saturated heterocycles. The second-order valence-corrected chi connectivity index (χ2v) is 5.52. The molecule has 0 bridgehead atoms. The second kappa shape index (κ2) is 7.59. The predicted octanol–water partition coefficient (Wildman–Crippen LogP) is 0.853. The van der Waals surface area contributed by atoms with Crippen LogP contribution in [0.3, 0.4) is 0 Å². The van der Waals surface area contributed by atoms with E-state index in [0.29, 0.717) is 42.6 Å². The van der Waals surface area contributed by atoms with E-state index in [9.17, 15) is 9.59 Å². The fourth-order valence-electron chi connectivity index (χ4n) is 2.67. The number of nitrogens with two attached hydrogens (primary N) is 1. The summed E-state index contributed by atoms with van der Waals surface area (Å²) in [5.74, 6) is 0.426. The maximum absolute atomic E-state index is 12.4. The fraction of sp³-hybridized carbons (Fsp3) is 0.467. The first-order valence-corrected chi connectivity index (χ1v) is 7.35. The number of hydrogen-bond acceptors (Lipinski definition) is 6. The Bertz CT molecular complexity index is 640. The van der Waals surface area contributed by atoms with Gasteiger partial charge in [0.15, 0.2) is 11.5 Å². The number of benzene rings is 1. The van der Waals surface area contributed by atoms with Gasteiger partial charge in [0.1, 0.15) is 0 Å². The van der Waals surface area contributed by atoms with Crippen LogP contribution in [0.5, 0.6) is 11.5 Å². The van der Waals surface area contributed by atoms with Gasteiger partial charge in [0.05, 0.1) is 23.9 Å². The topological polar surface area (TPSA) is 103 Å². The third-order valence-electron chi connectivity index (χ3n) is 3.95. The number of nitrogens with one attached hydrogen (secondary N) is 1. The van der Waals surface area contributed by atoms with Gasteiger partial charge in [-0.3, -0.25) is 9.59 Å². The van der Waals surface area contributed by atoms with Crippen molar-refractivity contribution < 1.29 is 23.8 Å². The summed E-state index contributed by atoms with van der Waals surface area (Å²) in [7, 11) is 1.58. The lowest BCUT2D eigenvalue weighted by atomic mass is 10.1. The molecule has 1 aromatic rings. The highest BCUT2D eigenvalue weighted by Crippen LogP contribution is 2.38. The number of anilines is 2. The van der Waals surface area contributed by atoms with Gasteiger partial charge in [0, 0.05) is 38.8 Å². The van der Waals surface area contributed by atoms with Crippen LogP contribution in [0, 0.1) is 5.92 Å². The van der Waals surface area contributed by atoms with E-state index in [1.165, 1.54) is 0 Å². The van der Waals surface area contributed by atoms with Gasteiger partial charge in [-0.15, -0.1) is 12.4 Å². The summed E-state index contributed by atoms with van der Waals surface area (Å²) in [6.07, 6.45) is 0.194. The zero-order chi connectivity index (χ0) is 16.4. The minimum atomic E-state index is -0.399. The summed E-state index contributed by atoms with van der Waals surface area (Å²) in [6, 6.07) is 3.25. The first-order chi connectivity index (χ1) is 11.1. The third kappa shape index (κ3) is 3.65. The van der Waals surface area contributed by atoms with Crippen LogP contribution in [0.4, 0.5) is 11.4 Å². The van der Waals surface area contributed by atoms with Crippen molar-refractivity contribution in [3.8, 4) is 11.5 Å². The molecule has 8 nitrogen and oxygen atoms in total. The Labute approximate surface area is 145 Å². The number of nitrogen functional groups attached to an aromatic ring is 1. The van der Waals surface area contributed by atoms with E-state index in [4.69, 9.17) is 19.9 Å². The van der Waals surface area contributed by atoms with Crippen molar-refractivity contribution in [3.63, 3.8) is 0 Å². The normalized spacial score (nSPS) is 18.5. The fourth-order valence-corrected chi connectivity index (χ4v) is 2.67. The van der Waals surface area contributed by atoms with Gasteiger partial charge in [-0.05, 0) is 0 Å². The molecular weight excluding hydrogens is 338 g/mol. The average molecular weight is 358 g/mol. The van der Waals surface area contributed by atoms with Gasteiger partial charge in [0.2, 0.25) is 18.6 Å². The van der Waals surface area contributed by atoms with Crippen LogP contribution in [-0.4, -0.2) is 50.3 Å². The van der Waals surface area contributed by atoms with E-state index >= 15 is 0 Å². The molecule has 0 spiro atoms. The minimum Gasteiger partial charge on any atom is -0.454 e. The molecule has 1 fully saturated rings. The van der Waals surface area contributed by atoms with E-state index in [0.717, 1.165) is 0 Å². The SMILES string of the molecule is COCCN1CC(C(=O)Nc2cc3c(cc2N)OCO3)CC1=O.Cl. The molecule has 1 aromatic carbocycles. The molecule has 0 saturated carbocycles.